The summed E-state index contributed by atoms with van der Waals surface area (Å²) in [7, 11) is 2.66. The van der Waals surface area contributed by atoms with Crippen LogP contribution < -0.4 is 4.74 Å². The predicted molar refractivity (Wildman–Crippen MR) is 69.6 cm³/mol. The highest BCUT2D eigenvalue weighted by atomic mass is 16.6. The quantitative estimate of drug-likeness (QED) is 0.733. The van der Waals surface area contributed by atoms with E-state index in [1.54, 1.807) is 24.3 Å². The number of ether oxygens (including phenoxy) is 3. The summed E-state index contributed by atoms with van der Waals surface area (Å²) in [5, 5.41) is 0. The molecule has 0 amide bonds. The average Bonchev–Trinajstić information content (AvgIpc) is 2.45. The first-order valence-electron chi connectivity index (χ1n) is 5.68. The summed E-state index contributed by atoms with van der Waals surface area (Å²) >= 11 is 0. The van der Waals surface area contributed by atoms with Crippen molar-refractivity contribution in [1.82, 2.24) is 0 Å². The highest BCUT2D eigenvalue weighted by Crippen LogP contribution is 2.13. The number of benzene rings is 1. The van der Waals surface area contributed by atoms with Crippen molar-refractivity contribution < 1.29 is 23.8 Å². The summed E-state index contributed by atoms with van der Waals surface area (Å²) in [6.07, 6.45) is 3.76. The fourth-order valence-electron chi connectivity index (χ4n) is 1.25. The van der Waals surface area contributed by atoms with Gasteiger partial charge in [-0.1, -0.05) is 24.3 Å². The van der Waals surface area contributed by atoms with E-state index in [0.717, 1.165) is 5.56 Å². The first-order chi connectivity index (χ1) is 9.15. The molecule has 5 heteroatoms. The molecule has 0 aromatic heterocycles. The van der Waals surface area contributed by atoms with Gasteiger partial charge in [-0.15, -0.1) is 0 Å². The van der Waals surface area contributed by atoms with Gasteiger partial charge in [0.2, 0.25) is 0 Å². The minimum atomic E-state index is -0.429. The lowest BCUT2D eigenvalue weighted by molar-refractivity contribution is -0.143. The molecule has 0 saturated heterocycles. The van der Waals surface area contributed by atoms with Gasteiger partial charge in [0, 0.05) is 0 Å². The Morgan fingerprint density at radius 3 is 2.26 bits per heavy atom. The normalized spacial score (nSPS) is 10.2. The summed E-state index contributed by atoms with van der Waals surface area (Å²) in [6.45, 7) is -0.117. The van der Waals surface area contributed by atoms with E-state index in [2.05, 4.69) is 9.47 Å². The summed E-state index contributed by atoms with van der Waals surface area (Å²) in [5.41, 5.74) is 0.925. The molecule has 1 aromatic rings. The third-order valence-electron chi connectivity index (χ3n) is 2.29. The van der Waals surface area contributed by atoms with Crippen molar-refractivity contribution in [3.8, 4) is 5.75 Å². The van der Waals surface area contributed by atoms with Crippen molar-refractivity contribution in [3.63, 3.8) is 0 Å². The summed E-state index contributed by atoms with van der Waals surface area (Å²) in [5.74, 6) is -0.133. The molecule has 1 rings (SSSR count). The molecule has 19 heavy (non-hydrogen) atoms. The van der Waals surface area contributed by atoms with Gasteiger partial charge in [0.25, 0.3) is 0 Å². The van der Waals surface area contributed by atoms with Crippen molar-refractivity contribution in [2.45, 2.75) is 6.42 Å². The zero-order chi connectivity index (χ0) is 14.1. The second-order valence-corrected chi connectivity index (χ2v) is 3.62. The maximum absolute atomic E-state index is 10.9. The van der Waals surface area contributed by atoms with Crippen LogP contribution >= 0.6 is 0 Å². The van der Waals surface area contributed by atoms with Crippen molar-refractivity contribution in [2.75, 3.05) is 20.8 Å². The van der Waals surface area contributed by atoms with Crippen LogP contribution in [0.15, 0.2) is 30.3 Å². The number of esters is 2. The monoisotopic (exact) mass is 264 g/mol. The number of rotatable bonds is 6. The molecule has 0 N–H and O–H groups in total. The van der Waals surface area contributed by atoms with Crippen LogP contribution in [-0.4, -0.2) is 32.8 Å². The first kappa shape index (κ1) is 14.8. The Labute approximate surface area is 111 Å². The second kappa shape index (κ2) is 7.92. The van der Waals surface area contributed by atoms with E-state index in [9.17, 15) is 9.59 Å². The molecule has 0 heterocycles. The molecule has 0 atom stereocenters. The van der Waals surface area contributed by atoms with Gasteiger partial charge < -0.3 is 14.2 Å². The van der Waals surface area contributed by atoms with E-state index < -0.39 is 5.97 Å². The summed E-state index contributed by atoms with van der Waals surface area (Å²) in [6, 6.07) is 7.11. The first-order valence-corrected chi connectivity index (χ1v) is 5.68. The molecular weight excluding hydrogens is 248 g/mol. The lowest BCUT2D eigenvalue weighted by atomic mass is 10.2. The van der Waals surface area contributed by atoms with E-state index in [-0.39, 0.29) is 19.0 Å². The third kappa shape index (κ3) is 5.72. The number of carbonyl (C=O) groups is 2. The number of carbonyl (C=O) groups excluding carboxylic acids is 2. The topological polar surface area (TPSA) is 61.8 Å². The zero-order valence-electron chi connectivity index (χ0n) is 10.9. The lowest BCUT2D eigenvalue weighted by Crippen LogP contribution is -2.12. The smallest absolute Gasteiger partial charge is 0.343 e. The van der Waals surface area contributed by atoms with E-state index >= 15 is 0 Å². The van der Waals surface area contributed by atoms with Gasteiger partial charge in [-0.25, -0.2) is 4.79 Å². The van der Waals surface area contributed by atoms with E-state index in [0.29, 0.717) is 5.75 Å². The molecule has 5 nitrogen and oxygen atoms in total. The van der Waals surface area contributed by atoms with Gasteiger partial charge in [-0.05, 0) is 17.7 Å². The van der Waals surface area contributed by atoms with Crippen LogP contribution in [0.1, 0.15) is 12.0 Å². The standard InChI is InChI=1S/C14H16O5/c1-17-13(15)5-3-4-11-6-8-12(9-7-11)19-10-14(16)18-2/h3-4,6-9H,5,10H2,1-2H3. The Kier molecular flexibility index (Phi) is 6.15. The Hall–Kier alpha value is -2.30. The van der Waals surface area contributed by atoms with Crippen molar-refractivity contribution in [2.24, 2.45) is 0 Å². The van der Waals surface area contributed by atoms with Gasteiger partial charge in [-0.3, -0.25) is 4.79 Å². The van der Waals surface area contributed by atoms with Crippen molar-refractivity contribution in [1.29, 1.82) is 0 Å². The third-order valence-corrected chi connectivity index (χ3v) is 2.29. The molecule has 0 saturated carbocycles. The molecule has 0 bridgehead atoms. The SMILES string of the molecule is COC(=O)CC=Cc1ccc(OCC(=O)OC)cc1. The summed E-state index contributed by atoms with van der Waals surface area (Å²) in [4.78, 5) is 21.8. The highest BCUT2D eigenvalue weighted by molar-refractivity contribution is 5.72. The minimum Gasteiger partial charge on any atom is -0.482 e. The van der Waals surface area contributed by atoms with Crippen LogP contribution in [0.25, 0.3) is 6.08 Å². The van der Waals surface area contributed by atoms with Crippen molar-refractivity contribution in [3.05, 3.63) is 35.9 Å². The minimum absolute atomic E-state index is 0.117. The van der Waals surface area contributed by atoms with Crippen LogP contribution in [-0.2, 0) is 19.1 Å². The molecule has 0 aliphatic rings. The average molecular weight is 264 g/mol. The maximum Gasteiger partial charge on any atom is 0.343 e. The number of hydrogen-bond acceptors (Lipinski definition) is 5. The van der Waals surface area contributed by atoms with Crippen LogP contribution in [0.4, 0.5) is 0 Å². The molecule has 0 radical (unpaired) electrons. The van der Waals surface area contributed by atoms with Gasteiger partial charge in [0.15, 0.2) is 6.61 Å². The van der Waals surface area contributed by atoms with Gasteiger partial charge in [0.05, 0.1) is 20.6 Å². The molecule has 0 unspecified atom stereocenters. The second-order valence-electron chi connectivity index (χ2n) is 3.62. The van der Waals surface area contributed by atoms with Crippen LogP contribution in [0.3, 0.4) is 0 Å². The van der Waals surface area contributed by atoms with Gasteiger partial charge >= 0.3 is 11.9 Å². The zero-order valence-corrected chi connectivity index (χ0v) is 10.9. The van der Waals surface area contributed by atoms with Crippen molar-refractivity contribution >= 4 is 18.0 Å². The number of hydrogen-bond donors (Lipinski definition) is 0. The molecule has 1 aromatic carbocycles. The maximum atomic E-state index is 10.9. The van der Waals surface area contributed by atoms with Crippen LogP contribution in [0, 0.1) is 0 Å². The number of methoxy groups -OCH3 is 2. The fourth-order valence-corrected chi connectivity index (χ4v) is 1.25. The Morgan fingerprint density at radius 2 is 1.68 bits per heavy atom. The highest BCUT2D eigenvalue weighted by Gasteiger charge is 2.01. The van der Waals surface area contributed by atoms with E-state index in [1.807, 2.05) is 12.1 Å². The van der Waals surface area contributed by atoms with E-state index in [1.165, 1.54) is 14.2 Å². The van der Waals surface area contributed by atoms with Gasteiger partial charge in [0.1, 0.15) is 5.75 Å². The molecule has 0 fully saturated rings. The molecule has 0 aliphatic heterocycles. The lowest BCUT2D eigenvalue weighted by Gasteiger charge is -2.04. The Bertz CT molecular complexity index is 447. The van der Waals surface area contributed by atoms with Crippen LogP contribution in [0.2, 0.25) is 0 Å². The largest absolute Gasteiger partial charge is 0.482 e. The summed E-state index contributed by atoms with van der Waals surface area (Å²) < 4.78 is 14.2. The Morgan fingerprint density at radius 1 is 1.05 bits per heavy atom. The molecular formula is C14H16O5. The molecule has 102 valence electrons. The van der Waals surface area contributed by atoms with E-state index in [4.69, 9.17) is 4.74 Å². The molecule has 0 spiro atoms. The van der Waals surface area contributed by atoms with Crippen LogP contribution in [0.5, 0.6) is 5.75 Å². The molecule has 0 aliphatic carbocycles. The van der Waals surface area contributed by atoms with Gasteiger partial charge in [-0.2, -0.15) is 0 Å². The fraction of sp³-hybridized carbons (Fsp3) is 0.286. The predicted octanol–water partition coefficient (Wildman–Crippen LogP) is 1.81. The Balaban J connectivity index is 2.47.